The molecule has 0 aliphatic heterocycles. The van der Waals surface area contributed by atoms with E-state index in [-0.39, 0.29) is 5.38 Å². The van der Waals surface area contributed by atoms with Crippen LogP contribution in [0.2, 0.25) is 5.02 Å². The fourth-order valence-electron chi connectivity index (χ4n) is 3.36. The van der Waals surface area contributed by atoms with Crippen LogP contribution in [0.25, 0.3) is 5.69 Å². The van der Waals surface area contributed by atoms with Crippen LogP contribution in [-0.2, 0) is 5.75 Å². The van der Waals surface area contributed by atoms with Crippen LogP contribution in [0.3, 0.4) is 0 Å². The largest absolute Gasteiger partial charge is 0.323 e. The Balaban J connectivity index is 0.000000425. The highest BCUT2D eigenvalue weighted by molar-refractivity contribution is 8.13. The molecule has 0 bridgehead atoms. The van der Waals surface area contributed by atoms with Crippen LogP contribution in [-0.4, -0.2) is 20.0 Å². The molecule has 2 atom stereocenters. The Hall–Kier alpha value is -1.40. The van der Waals surface area contributed by atoms with Crippen LogP contribution in [0.15, 0.2) is 58.5 Å². The van der Waals surface area contributed by atoms with Gasteiger partial charge in [-0.1, -0.05) is 69.0 Å². The maximum atomic E-state index is 5.98. The lowest BCUT2D eigenvalue weighted by molar-refractivity contribution is 0.672. The molecule has 2 unspecified atom stereocenters. The number of imidazole rings is 1. The first-order chi connectivity index (χ1) is 16.8. The molecule has 1 aromatic carbocycles. The number of nitrogens with two attached hydrogens (primary N) is 1. The Morgan fingerprint density at radius 1 is 1.20 bits per heavy atom. The molecule has 35 heavy (non-hydrogen) atoms. The highest BCUT2D eigenvalue weighted by atomic mass is 35.5. The lowest BCUT2D eigenvalue weighted by Crippen LogP contribution is -2.10. The summed E-state index contributed by atoms with van der Waals surface area (Å²) in [7, 11) is 0. The first-order valence-corrected chi connectivity index (χ1v) is 14.3. The number of rotatable bonds is 6. The third-order valence-electron chi connectivity index (χ3n) is 5.50. The molecule has 1 aliphatic rings. The van der Waals surface area contributed by atoms with Gasteiger partial charge in [-0.3, -0.25) is 0 Å². The van der Waals surface area contributed by atoms with Crippen molar-refractivity contribution in [2.24, 2.45) is 16.9 Å². The van der Waals surface area contributed by atoms with Gasteiger partial charge in [0.15, 0.2) is 0 Å². The van der Waals surface area contributed by atoms with Crippen molar-refractivity contribution in [1.82, 2.24) is 9.55 Å². The third-order valence-corrected chi connectivity index (χ3v) is 7.85. The number of thioether (sulfide) groups is 1. The molecular formula is C27H39Cl3N4S. The molecule has 2 aromatic rings. The van der Waals surface area contributed by atoms with E-state index in [2.05, 4.69) is 35.4 Å². The lowest BCUT2D eigenvalue weighted by atomic mass is 10.1. The predicted molar refractivity (Wildman–Crippen MR) is 158 cm³/mol. The summed E-state index contributed by atoms with van der Waals surface area (Å²) in [4.78, 5) is 4.54. The molecule has 2 N–H and O–H groups in total. The number of allylic oxidation sites excluding steroid dienone is 4. The quantitative estimate of drug-likeness (QED) is 0.127. The van der Waals surface area contributed by atoms with Gasteiger partial charge in [-0.2, -0.15) is 5.10 Å². The second kappa shape index (κ2) is 17.1. The van der Waals surface area contributed by atoms with Gasteiger partial charge in [0.2, 0.25) is 0 Å². The fraction of sp³-hybridized carbons (Fsp3) is 0.481. The van der Waals surface area contributed by atoms with Crippen molar-refractivity contribution < 1.29 is 0 Å². The van der Waals surface area contributed by atoms with Crippen molar-refractivity contribution in [3.05, 3.63) is 69.8 Å². The average molecular weight is 558 g/mol. The minimum atomic E-state index is 0.174. The van der Waals surface area contributed by atoms with Crippen molar-refractivity contribution in [3.63, 3.8) is 0 Å². The molecule has 1 aromatic heterocycles. The van der Waals surface area contributed by atoms with E-state index in [9.17, 15) is 0 Å². The number of aromatic nitrogens is 2. The summed E-state index contributed by atoms with van der Waals surface area (Å²) in [5.74, 6) is 6.72. The van der Waals surface area contributed by atoms with Gasteiger partial charge < -0.3 is 10.4 Å². The maximum Gasteiger partial charge on any atom is 0.0997 e. The highest BCUT2D eigenvalue weighted by Crippen LogP contribution is 2.25. The van der Waals surface area contributed by atoms with E-state index in [0.717, 1.165) is 63.6 Å². The summed E-state index contributed by atoms with van der Waals surface area (Å²) >= 11 is 19.4. The molecular weight excluding hydrogens is 519 g/mol. The van der Waals surface area contributed by atoms with Gasteiger partial charge in [0.25, 0.3) is 0 Å². The summed E-state index contributed by atoms with van der Waals surface area (Å²) in [6.45, 7) is 12.4. The summed E-state index contributed by atoms with van der Waals surface area (Å²) in [6.07, 6.45) is 9.87. The van der Waals surface area contributed by atoms with Gasteiger partial charge in [-0.25, -0.2) is 4.98 Å². The molecule has 0 spiro atoms. The van der Waals surface area contributed by atoms with Crippen molar-refractivity contribution in [2.75, 3.05) is 0 Å². The fourth-order valence-corrected chi connectivity index (χ4v) is 4.88. The Kier molecular flexibility index (Phi) is 15.5. The smallest absolute Gasteiger partial charge is 0.0997 e. The molecule has 0 saturated carbocycles. The van der Waals surface area contributed by atoms with Crippen LogP contribution < -0.4 is 5.84 Å². The zero-order chi connectivity index (χ0) is 26.4. The SMILES string of the molecule is CC.CC1=CC=C(Cl)CCC1Cl.CCCC(C)/C(=N/N)SCc1ncn(-c2ccc(Cl)cc2)c1C. The first kappa shape index (κ1) is 31.6. The number of halogens is 3. The molecule has 8 heteroatoms. The number of nitrogens with zero attached hydrogens (tertiary/aromatic N) is 3. The van der Waals surface area contributed by atoms with Gasteiger partial charge in [-0.05, 0) is 63.5 Å². The van der Waals surface area contributed by atoms with Crippen LogP contribution >= 0.6 is 46.6 Å². The Labute approximate surface area is 231 Å². The Morgan fingerprint density at radius 3 is 2.46 bits per heavy atom. The van der Waals surface area contributed by atoms with E-state index in [1.54, 1.807) is 11.8 Å². The van der Waals surface area contributed by atoms with E-state index in [0.29, 0.717) is 5.92 Å². The van der Waals surface area contributed by atoms with Crippen LogP contribution in [0, 0.1) is 12.8 Å². The summed E-state index contributed by atoms with van der Waals surface area (Å²) in [6, 6.07) is 7.75. The Morgan fingerprint density at radius 2 is 1.86 bits per heavy atom. The highest BCUT2D eigenvalue weighted by Gasteiger charge is 2.14. The molecule has 1 aliphatic carbocycles. The second-order valence-electron chi connectivity index (χ2n) is 8.10. The minimum absolute atomic E-state index is 0.174. The number of hydrazone groups is 1. The normalized spacial score (nSPS) is 16.6. The molecule has 0 saturated heterocycles. The Bertz CT molecular complexity index is 981. The molecule has 3 rings (SSSR count). The molecule has 194 valence electrons. The predicted octanol–water partition coefficient (Wildman–Crippen LogP) is 9.26. The van der Waals surface area contributed by atoms with Crippen LogP contribution in [0.5, 0.6) is 0 Å². The second-order valence-corrected chi connectivity index (χ2v) is 10.5. The van der Waals surface area contributed by atoms with Crippen LogP contribution in [0.1, 0.15) is 71.7 Å². The van der Waals surface area contributed by atoms with Gasteiger partial charge in [0.1, 0.15) is 0 Å². The zero-order valence-electron chi connectivity index (χ0n) is 21.7. The van der Waals surface area contributed by atoms with E-state index >= 15 is 0 Å². The van der Waals surface area contributed by atoms with Gasteiger partial charge in [-0.15, -0.1) is 23.4 Å². The van der Waals surface area contributed by atoms with Gasteiger partial charge in [0.05, 0.1) is 22.4 Å². The molecule has 0 fully saturated rings. The van der Waals surface area contributed by atoms with Crippen LogP contribution in [0.4, 0.5) is 0 Å². The molecule has 0 amide bonds. The van der Waals surface area contributed by atoms with E-state index < -0.39 is 0 Å². The van der Waals surface area contributed by atoms with E-state index in [1.807, 2.05) is 63.5 Å². The van der Waals surface area contributed by atoms with Crippen molar-refractivity contribution in [1.29, 1.82) is 0 Å². The lowest BCUT2D eigenvalue weighted by Gasteiger charge is -2.12. The molecule has 0 radical (unpaired) electrons. The monoisotopic (exact) mass is 556 g/mol. The van der Waals surface area contributed by atoms with Crippen molar-refractivity contribution in [2.45, 2.75) is 78.4 Å². The summed E-state index contributed by atoms with van der Waals surface area (Å²) in [5, 5.41) is 6.76. The van der Waals surface area contributed by atoms with E-state index in [1.165, 1.54) is 5.57 Å². The zero-order valence-corrected chi connectivity index (χ0v) is 24.8. The van der Waals surface area contributed by atoms with Crippen molar-refractivity contribution >= 4 is 51.6 Å². The first-order valence-electron chi connectivity index (χ1n) is 12.1. The number of hydrogen-bond acceptors (Lipinski definition) is 4. The maximum absolute atomic E-state index is 5.98. The number of benzene rings is 1. The topological polar surface area (TPSA) is 56.2 Å². The minimum Gasteiger partial charge on any atom is -0.323 e. The summed E-state index contributed by atoms with van der Waals surface area (Å²) in [5.41, 5.74) is 4.44. The van der Waals surface area contributed by atoms with Gasteiger partial charge in [0, 0.05) is 33.1 Å². The number of alkyl halides is 1. The standard InChI is InChI=1S/C17H23ClN4S.C8H10Cl2.C2H6/c1-4-5-12(2)17(21-19)23-10-16-13(3)22(11-20-16)15-8-6-14(18)7-9-15;1-6-2-3-7(9)4-5-8(6)10;1-2/h6-9,11-12H,4-5,10,19H2,1-3H3;2-3,8H,4-5H2,1H3;1-2H3/b21-17-;;. The average Bonchev–Trinajstić information content (AvgIpc) is 3.16. The molecule has 1 heterocycles. The van der Waals surface area contributed by atoms with E-state index in [4.69, 9.17) is 40.6 Å². The number of hydrogen-bond donors (Lipinski definition) is 1. The summed E-state index contributed by atoms with van der Waals surface area (Å²) < 4.78 is 2.07. The molecule has 4 nitrogen and oxygen atoms in total. The van der Waals surface area contributed by atoms with Crippen molar-refractivity contribution in [3.8, 4) is 5.69 Å². The van der Waals surface area contributed by atoms with Gasteiger partial charge >= 0.3 is 0 Å². The third kappa shape index (κ3) is 10.6.